The minimum atomic E-state index is -3.05. The number of hydrogen-bond acceptors (Lipinski definition) is 2. The molecule has 0 amide bonds. The summed E-state index contributed by atoms with van der Waals surface area (Å²) < 4.78 is 26.1. The molecule has 5 heteroatoms. The van der Waals surface area contributed by atoms with Crippen LogP contribution < -0.4 is 0 Å². The van der Waals surface area contributed by atoms with E-state index in [-0.39, 0.29) is 11.2 Å². The first-order chi connectivity index (χ1) is 8.12. The molecule has 0 spiro atoms. The molecular formula is C13H26BrNO2S. The van der Waals surface area contributed by atoms with Crippen LogP contribution in [0.1, 0.15) is 47.0 Å². The molecule has 0 radical (unpaired) electrons. The Morgan fingerprint density at radius 2 is 1.78 bits per heavy atom. The summed E-state index contributed by atoms with van der Waals surface area (Å²) in [4.78, 5) is 0.483. The molecule has 108 valence electrons. The number of sulfonamides is 1. The van der Waals surface area contributed by atoms with E-state index in [1.54, 1.807) is 4.31 Å². The maximum atomic E-state index is 12.2. The third-order valence-electron chi connectivity index (χ3n) is 3.65. The number of rotatable bonds is 4. The van der Waals surface area contributed by atoms with Gasteiger partial charge in [-0.05, 0) is 30.6 Å². The largest absolute Gasteiger partial charge is 0.214 e. The normalized spacial score (nSPS) is 22.1. The zero-order valence-electron chi connectivity index (χ0n) is 11.9. The maximum Gasteiger partial charge on any atom is 0.214 e. The van der Waals surface area contributed by atoms with Crippen molar-refractivity contribution in [2.45, 2.75) is 51.8 Å². The van der Waals surface area contributed by atoms with E-state index in [2.05, 4.69) is 43.6 Å². The first kappa shape index (κ1) is 16.4. The van der Waals surface area contributed by atoms with E-state index < -0.39 is 10.0 Å². The van der Waals surface area contributed by atoms with Gasteiger partial charge in [-0.25, -0.2) is 12.7 Å². The fraction of sp³-hybridized carbons (Fsp3) is 1.00. The Balaban J connectivity index is 2.51. The van der Waals surface area contributed by atoms with Crippen LogP contribution in [0.5, 0.6) is 0 Å². The molecule has 1 unspecified atom stereocenters. The quantitative estimate of drug-likeness (QED) is 0.737. The lowest BCUT2D eigenvalue weighted by molar-refractivity contribution is 0.273. The highest BCUT2D eigenvalue weighted by molar-refractivity contribution is 9.09. The van der Waals surface area contributed by atoms with Gasteiger partial charge in [0.05, 0.1) is 5.75 Å². The molecular weight excluding hydrogens is 314 g/mol. The molecule has 1 atom stereocenters. The minimum Gasteiger partial charge on any atom is -0.212 e. The fourth-order valence-corrected chi connectivity index (χ4v) is 4.60. The fourth-order valence-electron chi connectivity index (χ4n) is 2.18. The van der Waals surface area contributed by atoms with Crippen LogP contribution in [0.4, 0.5) is 0 Å². The molecule has 0 bridgehead atoms. The Bertz CT molecular complexity index is 352. The maximum absolute atomic E-state index is 12.2. The van der Waals surface area contributed by atoms with Crippen LogP contribution >= 0.6 is 15.9 Å². The van der Waals surface area contributed by atoms with E-state index in [0.717, 1.165) is 19.3 Å². The van der Waals surface area contributed by atoms with Gasteiger partial charge < -0.3 is 0 Å². The van der Waals surface area contributed by atoms with E-state index in [1.807, 2.05) is 0 Å². The number of hydrogen-bond donors (Lipinski definition) is 0. The number of alkyl halides is 1. The Morgan fingerprint density at radius 1 is 1.28 bits per heavy atom. The lowest BCUT2D eigenvalue weighted by Gasteiger charge is -2.33. The van der Waals surface area contributed by atoms with Crippen molar-refractivity contribution >= 4 is 26.0 Å². The van der Waals surface area contributed by atoms with Crippen LogP contribution in [-0.2, 0) is 10.0 Å². The first-order valence-electron chi connectivity index (χ1n) is 6.74. The number of piperidine rings is 1. The summed E-state index contributed by atoms with van der Waals surface area (Å²) in [6.07, 6.45) is 2.67. The zero-order valence-corrected chi connectivity index (χ0v) is 14.3. The van der Waals surface area contributed by atoms with E-state index in [4.69, 9.17) is 0 Å². The van der Waals surface area contributed by atoms with E-state index in [9.17, 15) is 8.42 Å². The minimum absolute atomic E-state index is 0.0791. The van der Waals surface area contributed by atoms with Crippen molar-refractivity contribution in [2.24, 2.45) is 11.3 Å². The van der Waals surface area contributed by atoms with Gasteiger partial charge in [0.2, 0.25) is 10.0 Å². The molecule has 0 saturated carbocycles. The summed E-state index contributed by atoms with van der Waals surface area (Å²) in [7, 11) is -3.05. The van der Waals surface area contributed by atoms with Crippen molar-refractivity contribution in [3.05, 3.63) is 0 Å². The Labute approximate surface area is 121 Å². The van der Waals surface area contributed by atoms with Gasteiger partial charge in [-0.3, -0.25) is 0 Å². The smallest absolute Gasteiger partial charge is 0.212 e. The number of nitrogens with zero attached hydrogens (tertiary/aromatic N) is 1. The van der Waals surface area contributed by atoms with Crippen molar-refractivity contribution in [1.82, 2.24) is 4.31 Å². The second-order valence-corrected chi connectivity index (χ2v) is 10.1. The molecule has 1 aliphatic rings. The predicted octanol–water partition coefficient (Wildman–Crippen LogP) is 3.25. The second-order valence-electron chi connectivity index (χ2n) is 6.54. The van der Waals surface area contributed by atoms with Crippen molar-refractivity contribution in [2.75, 3.05) is 18.8 Å². The van der Waals surface area contributed by atoms with E-state index in [0.29, 0.717) is 23.8 Å². The van der Waals surface area contributed by atoms with Gasteiger partial charge in [0.15, 0.2) is 0 Å². The van der Waals surface area contributed by atoms with Gasteiger partial charge in [-0.15, -0.1) is 0 Å². The highest BCUT2D eigenvalue weighted by Gasteiger charge is 2.30. The van der Waals surface area contributed by atoms with Crippen molar-refractivity contribution in [3.63, 3.8) is 0 Å². The van der Waals surface area contributed by atoms with Gasteiger partial charge in [-0.2, -0.15) is 0 Å². The topological polar surface area (TPSA) is 37.4 Å². The predicted molar refractivity (Wildman–Crippen MR) is 80.5 cm³/mol. The SMILES string of the molecule is CC(Br)C1CCN(S(=O)(=O)CCC(C)(C)C)CC1. The van der Waals surface area contributed by atoms with Crippen LogP contribution in [0.15, 0.2) is 0 Å². The van der Waals surface area contributed by atoms with E-state index >= 15 is 0 Å². The molecule has 0 aromatic heterocycles. The average molecular weight is 340 g/mol. The summed E-state index contributed by atoms with van der Waals surface area (Å²) in [6, 6.07) is 0. The van der Waals surface area contributed by atoms with Gasteiger partial charge >= 0.3 is 0 Å². The van der Waals surface area contributed by atoms with Crippen LogP contribution in [-0.4, -0.2) is 36.4 Å². The summed E-state index contributed by atoms with van der Waals surface area (Å²) in [5.74, 6) is 0.893. The Hall–Kier alpha value is 0.390. The molecule has 0 aliphatic carbocycles. The molecule has 0 aromatic carbocycles. The lowest BCUT2D eigenvalue weighted by Crippen LogP contribution is -2.41. The molecule has 0 N–H and O–H groups in total. The molecule has 1 saturated heterocycles. The molecule has 3 nitrogen and oxygen atoms in total. The van der Waals surface area contributed by atoms with Crippen molar-refractivity contribution in [3.8, 4) is 0 Å². The van der Waals surface area contributed by atoms with Gasteiger partial charge in [0.25, 0.3) is 0 Å². The summed E-state index contributed by atoms with van der Waals surface area (Å²) >= 11 is 3.60. The van der Waals surface area contributed by atoms with Crippen molar-refractivity contribution < 1.29 is 8.42 Å². The standard InChI is InChI=1S/C13H26BrNO2S/c1-11(14)12-5-8-15(9-6-12)18(16,17)10-7-13(2,3)4/h11-12H,5-10H2,1-4H3. The third-order valence-corrected chi connectivity index (χ3v) is 6.27. The monoisotopic (exact) mass is 339 g/mol. The zero-order chi connectivity index (χ0) is 14.0. The Morgan fingerprint density at radius 3 is 2.17 bits per heavy atom. The molecule has 1 fully saturated rings. The van der Waals surface area contributed by atoms with Gasteiger partial charge in [0, 0.05) is 17.9 Å². The molecule has 1 heterocycles. The number of halogens is 1. The Kier molecular flexibility index (Phi) is 5.69. The molecule has 1 aliphatic heterocycles. The summed E-state index contributed by atoms with van der Waals surface area (Å²) in [5.41, 5.74) is 0.0791. The third kappa shape index (κ3) is 5.17. The first-order valence-corrected chi connectivity index (χ1v) is 9.26. The van der Waals surface area contributed by atoms with Crippen LogP contribution in [0, 0.1) is 11.3 Å². The summed E-state index contributed by atoms with van der Waals surface area (Å²) in [6.45, 7) is 9.78. The van der Waals surface area contributed by atoms with Crippen LogP contribution in [0.25, 0.3) is 0 Å². The second kappa shape index (κ2) is 6.23. The van der Waals surface area contributed by atoms with Gasteiger partial charge in [0.1, 0.15) is 0 Å². The van der Waals surface area contributed by atoms with Crippen molar-refractivity contribution in [1.29, 1.82) is 0 Å². The lowest BCUT2D eigenvalue weighted by atomic mass is 9.94. The van der Waals surface area contributed by atoms with E-state index in [1.165, 1.54) is 0 Å². The molecule has 1 rings (SSSR count). The highest BCUT2D eigenvalue weighted by atomic mass is 79.9. The molecule has 18 heavy (non-hydrogen) atoms. The van der Waals surface area contributed by atoms with Crippen LogP contribution in [0.3, 0.4) is 0 Å². The average Bonchev–Trinajstić information content (AvgIpc) is 2.26. The molecule has 0 aromatic rings. The summed E-state index contributed by atoms with van der Waals surface area (Å²) in [5, 5.41) is 0. The van der Waals surface area contributed by atoms with Crippen LogP contribution in [0.2, 0.25) is 0 Å². The van der Waals surface area contributed by atoms with Gasteiger partial charge in [-0.1, -0.05) is 43.6 Å². The highest BCUT2D eigenvalue weighted by Crippen LogP contribution is 2.27.